The molecule has 0 saturated heterocycles. The molecular weight excluding hydrogens is 160 g/mol. The molecule has 1 rings (SSSR count). The number of hydrogen-bond donors (Lipinski definition) is 0. The van der Waals surface area contributed by atoms with Crippen molar-refractivity contribution >= 4 is 0 Å². The van der Waals surface area contributed by atoms with Gasteiger partial charge in [-0.1, -0.05) is 33.3 Å². The molecule has 0 amide bonds. The second-order valence-electron chi connectivity index (χ2n) is 3.39. The van der Waals surface area contributed by atoms with Crippen LogP contribution in [0.4, 0.5) is 0 Å². The smallest absolute Gasteiger partial charge is 0.109 e. The fourth-order valence-corrected chi connectivity index (χ4v) is 0.968. The van der Waals surface area contributed by atoms with Gasteiger partial charge in [0.1, 0.15) is 6.61 Å². The molecule has 1 aliphatic rings. The van der Waals surface area contributed by atoms with Gasteiger partial charge >= 0.3 is 0 Å². The summed E-state index contributed by atoms with van der Waals surface area (Å²) in [5.41, 5.74) is 2.66. The fourth-order valence-electron chi connectivity index (χ4n) is 0.968. The maximum atomic E-state index is 5.40. The number of allylic oxidation sites excluding steroid dienone is 3. The Hall–Kier alpha value is -0.720. The minimum absolute atomic E-state index is 0.791. The Morgan fingerprint density at radius 3 is 2.15 bits per heavy atom. The Labute approximate surface area is 82.5 Å². The molecule has 0 radical (unpaired) electrons. The van der Waals surface area contributed by atoms with E-state index in [1.54, 1.807) is 0 Å². The van der Waals surface area contributed by atoms with Gasteiger partial charge in [-0.15, -0.1) is 0 Å². The van der Waals surface area contributed by atoms with Gasteiger partial charge in [0.15, 0.2) is 0 Å². The first kappa shape index (κ1) is 12.3. The highest BCUT2D eigenvalue weighted by atomic mass is 16.5. The van der Waals surface area contributed by atoms with Crippen molar-refractivity contribution < 1.29 is 4.74 Å². The van der Waals surface area contributed by atoms with Gasteiger partial charge in [-0.2, -0.15) is 0 Å². The van der Waals surface area contributed by atoms with Crippen LogP contribution in [0.15, 0.2) is 23.0 Å². The van der Waals surface area contributed by atoms with E-state index in [2.05, 4.69) is 33.8 Å². The van der Waals surface area contributed by atoms with E-state index in [-0.39, 0.29) is 0 Å². The minimum atomic E-state index is 0.791. The van der Waals surface area contributed by atoms with Crippen molar-refractivity contribution in [3.63, 3.8) is 0 Å². The van der Waals surface area contributed by atoms with Crippen molar-refractivity contribution in [2.45, 2.75) is 47.5 Å². The molecule has 0 saturated carbocycles. The SMILES string of the molecule is CCC.CCC1=CC(C)=C(C)OC1. The molecule has 0 unspecified atom stereocenters. The van der Waals surface area contributed by atoms with Crippen LogP contribution >= 0.6 is 0 Å². The van der Waals surface area contributed by atoms with E-state index in [1.165, 1.54) is 17.6 Å². The van der Waals surface area contributed by atoms with Crippen molar-refractivity contribution in [1.82, 2.24) is 0 Å². The van der Waals surface area contributed by atoms with E-state index < -0.39 is 0 Å². The second kappa shape index (κ2) is 6.76. The molecule has 0 spiro atoms. The van der Waals surface area contributed by atoms with Crippen LogP contribution in [0, 0.1) is 0 Å². The Morgan fingerprint density at radius 2 is 1.77 bits per heavy atom. The van der Waals surface area contributed by atoms with Gasteiger partial charge in [-0.25, -0.2) is 0 Å². The molecule has 1 aliphatic heterocycles. The highest BCUT2D eigenvalue weighted by Crippen LogP contribution is 2.17. The van der Waals surface area contributed by atoms with Crippen LogP contribution in [0.3, 0.4) is 0 Å². The van der Waals surface area contributed by atoms with Crippen molar-refractivity contribution in [3.8, 4) is 0 Å². The summed E-state index contributed by atoms with van der Waals surface area (Å²) < 4.78 is 5.40. The van der Waals surface area contributed by atoms with Crippen LogP contribution < -0.4 is 0 Å². The zero-order valence-corrected chi connectivity index (χ0v) is 9.61. The second-order valence-corrected chi connectivity index (χ2v) is 3.39. The number of rotatable bonds is 1. The highest BCUT2D eigenvalue weighted by molar-refractivity contribution is 5.27. The Kier molecular flexibility index (Phi) is 6.38. The monoisotopic (exact) mass is 182 g/mol. The summed E-state index contributed by atoms with van der Waals surface area (Å²) in [6.45, 7) is 11.3. The van der Waals surface area contributed by atoms with Gasteiger partial charge in [0, 0.05) is 0 Å². The van der Waals surface area contributed by atoms with Crippen molar-refractivity contribution in [1.29, 1.82) is 0 Å². The predicted octanol–water partition coefficient (Wildman–Crippen LogP) is 4.06. The van der Waals surface area contributed by atoms with Gasteiger partial charge in [0.2, 0.25) is 0 Å². The van der Waals surface area contributed by atoms with E-state index >= 15 is 0 Å². The number of hydrogen-bond acceptors (Lipinski definition) is 1. The summed E-state index contributed by atoms with van der Waals surface area (Å²) >= 11 is 0. The lowest BCUT2D eigenvalue weighted by atomic mass is 10.1. The molecule has 0 fully saturated rings. The largest absolute Gasteiger partial charge is 0.494 e. The Bertz CT molecular complexity index is 199. The molecule has 1 heterocycles. The molecule has 1 nitrogen and oxygen atoms in total. The molecule has 0 bridgehead atoms. The summed E-state index contributed by atoms with van der Waals surface area (Å²) in [5, 5.41) is 0. The van der Waals surface area contributed by atoms with Crippen molar-refractivity contribution in [3.05, 3.63) is 23.0 Å². The number of ether oxygens (including phenoxy) is 1. The van der Waals surface area contributed by atoms with Crippen LogP contribution in [0.2, 0.25) is 0 Å². The molecule has 76 valence electrons. The summed E-state index contributed by atoms with van der Waals surface area (Å²) in [7, 11) is 0. The molecule has 0 atom stereocenters. The topological polar surface area (TPSA) is 9.23 Å². The zero-order valence-electron chi connectivity index (χ0n) is 9.61. The van der Waals surface area contributed by atoms with E-state index in [0.29, 0.717) is 0 Å². The predicted molar refractivity (Wildman–Crippen MR) is 58.7 cm³/mol. The van der Waals surface area contributed by atoms with E-state index in [1.807, 2.05) is 6.92 Å². The lowest BCUT2D eigenvalue weighted by molar-refractivity contribution is 0.230. The molecular formula is C12H22O. The first-order chi connectivity index (χ1) is 6.15. The molecule has 0 aromatic carbocycles. The lowest BCUT2D eigenvalue weighted by Gasteiger charge is -2.15. The van der Waals surface area contributed by atoms with Gasteiger partial charge in [0.05, 0.1) is 5.76 Å². The van der Waals surface area contributed by atoms with Gasteiger partial charge < -0.3 is 4.74 Å². The molecule has 0 aromatic rings. The van der Waals surface area contributed by atoms with Crippen LogP contribution in [-0.2, 0) is 4.74 Å². The maximum absolute atomic E-state index is 5.40. The summed E-state index contributed by atoms with van der Waals surface area (Å²) in [6, 6.07) is 0. The van der Waals surface area contributed by atoms with E-state index in [9.17, 15) is 0 Å². The van der Waals surface area contributed by atoms with Crippen LogP contribution in [0.25, 0.3) is 0 Å². The van der Waals surface area contributed by atoms with Crippen molar-refractivity contribution in [2.75, 3.05) is 6.61 Å². The summed E-state index contributed by atoms with van der Waals surface area (Å²) in [4.78, 5) is 0. The zero-order chi connectivity index (χ0) is 10.3. The third-order valence-corrected chi connectivity index (χ3v) is 1.90. The molecule has 13 heavy (non-hydrogen) atoms. The maximum Gasteiger partial charge on any atom is 0.109 e. The normalized spacial score (nSPS) is 15.6. The molecule has 1 heteroatoms. The summed E-state index contributed by atoms with van der Waals surface area (Å²) in [5.74, 6) is 1.07. The van der Waals surface area contributed by atoms with Crippen molar-refractivity contribution in [2.24, 2.45) is 0 Å². The van der Waals surface area contributed by atoms with E-state index in [4.69, 9.17) is 4.74 Å². The molecule has 0 aromatic heterocycles. The fraction of sp³-hybridized carbons (Fsp3) is 0.667. The first-order valence-electron chi connectivity index (χ1n) is 5.15. The third-order valence-electron chi connectivity index (χ3n) is 1.90. The molecule has 0 aliphatic carbocycles. The third kappa shape index (κ3) is 4.76. The Balaban J connectivity index is 0.000000424. The Morgan fingerprint density at radius 1 is 1.23 bits per heavy atom. The standard InChI is InChI=1S/C9H14O.C3H8/c1-4-9-5-7(2)8(3)10-6-9;1-3-2/h5H,4,6H2,1-3H3;3H2,1-2H3. The first-order valence-corrected chi connectivity index (χ1v) is 5.15. The molecule has 0 N–H and O–H groups in total. The van der Waals surface area contributed by atoms with Gasteiger partial charge in [-0.05, 0) is 31.4 Å². The van der Waals surface area contributed by atoms with Gasteiger partial charge in [-0.3, -0.25) is 0 Å². The average Bonchev–Trinajstić information content (AvgIpc) is 2.11. The minimum Gasteiger partial charge on any atom is -0.494 e. The van der Waals surface area contributed by atoms with Crippen LogP contribution in [0.1, 0.15) is 47.5 Å². The highest BCUT2D eigenvalue weighted by Gasteiger charge is 2.05. The van der Waals surface area contributed by atoms with E-state index in [0.717, 1.165) is 18.8 Å². The lowest BCUT2D eigenvalue weighted by Crippen LogP contribution is -2.03. The average molecular weight is 182 g/mol. The van der Waals surface area contributed by atoms with Gasteiger partial charge in [0.25, 0.3) is 0 Å². The van der Waals surface area contributed by atoms with Crippen LogP contribution in [-0.4, -0.2) is 6.61 Å². The summed E-state index contributed by atoms with van der Waals surface area (Å²) in [6.07, 6.45) is 4.57. The quantitative estimate of drug-likeness (QED) is 0.594. The van der Waals surface area contributed by atoms with Crippen LogP contribution in [0.5, 0.6) is 0 Å².